The molecule has 0 aromatic carbocycles. The van der Waals surface area contributed by atoms with Crippen LogP contribution in [-0.2, 0) is 20.8 Å². The Kier molecular flexibility index (Phi) is 7.27. The van der Waals surface area contributed by atoms with Gasteiger partial charge in [-0.15, -0.1) is 0 Å². The molecule has 1 aliphatic rings. The van der Waals surface area contributed by atoms with Crippen molar-refractivity contribution in [3.05, 3.63) is 23.3 Å². The van der Waals surface area contributed by atoms with Gasteiger partial charge in [0.05, 0.1) is 0 Å². The summed E-state index contributed by atoms with van der Waals surface area (Å²) in [6, 6.07) is 0. The normalized spacial score (nSPS) is 14.8. The molecule has 0 saturated heterocycles. The van der Waals surface area contributed by atoms with E-state index in [0.29, 0.717) is 0 Å². The number of allylic oxidation sites excluding steroid dienone is 4. The molecule has 0 bridgehead atoms. The summed E-state index contributed by atoms with van der Waals surface area (Å²) < 4.78 is 0. The molecule has 0 amide bonds. The predicted octanol–water partition coefficient (Wildman–Crippen LogP) is 3.66. The van der Waals surface area contributed by atoms with Crippen LogP contribution in [0.3, 0.4) is 0 Å². The van der Waals surface area contributed by atoms with Crippen molar-refractivity contribution < 1.29 is 20.8 Å². The summed E-state index contributed by atoms with van der Waals surface area (Å²) in [7, 11) is 9.87. The third-order valence-electron chi connectivity index (χ3n) is 1.47. The topological polar surface area (TPSA) is 0 Å². The number of rotatable bonds is 0. The summed E-state index contributed by atoms with van der Waals surface area (Å²) in [6.07, 6.45) is 5.64. The zero-order valence-corrected chi connectivity index (χ0v) is 10.1. The van der Waals surface area contributed by atoms with E-state index in [-0.39, 0.29) is 0 Å². The molecule has 0 heterocycles. The molecule has 0 aliphatic heterocycles. The van der Waals surface area contributed by atoms with Crippen molar-refractivity contribution in [2.24, 2.45) is 0 Å². The third kappa shape index (κ3) is 4.71. The van der Waals surface area contributed by atoms with Crippen LogP contribution < -0.4 is 0 Å². The Morgan fingerprint density at radius 3 is 1.60 bits per heavy atom. The summed E-state index contributed by atoms with van der Waals surface area (Å²) >= 11 is -0.826. The molecular formula is C7H10Cl2Zr. The van der Waals surface area contributed by atoms with Crippen LogP contribution in [-0.4, -0.2) is 0 Å². The molecule has 1 rings (SSSR count). The van der Waals surface area contributed by atoms with Gasteiger partial charge >= 0.3 is 37.9 Å². The van der Waals surface area contributed by atoms with Gasteiger partial charge in [0.2, 0.25) is 0 Å². The summed E-state index contributed by atoms with van der Waals surface area (Å²) in [5, 5.41) is 0. The van der Waals surface area contributed by atoms with Gasteiger partial charge in [0.15, 0.2) is 0 Å². The van der Waals surface area contributed by atoms with E-state index in [1.165, 1.54) is 11.1 Å². The Bertz CT molecular complexity index is 134. The number of halogens is 2. The predicted molar refractivity (Wildman–Crippen MR) is 43.8 cm³/mol. The van der Waals surface area contributed by atoms with Gasteiger partial charge in [-0.2, -0.15) is 0 Å². The first-order valence-corrected chi connectivity index (χ1v) is 9.35. The fourth-order valence-corrected chi connectivity index (χ4v) is 0.734. The van der Waals surface area contributed by atoms with Crippen LogP contribution in [0.15, 0.2) is 23.3 Å². The van der Waals surface area contributed by atoms with Crippen LogP contribution >= 0.6 is 17.0 Å². The second kappa shape index (κ2) is 6.64. The van der Waals surface area contributed by atoms with Crippen LogP contribution in [0.2, 0.25) is 0 Å². The molecular weight excluding hydrogens is 246 g/mol. The van der Waals surface area contributed by atoms with Crippen LogP contribution in [0.1, 0.15) is 20.3 Å². The average molecular weight is 256 g/mol. The molecule has 0 saturated carbocycles. The second-order valence-corrected chi connectivity index (χ2v) is 5.81. The Morgan fingerprint density at radius 2 is 1.50 bits per heavy atom. The van der Waals surface area contributed by atoms with Gasteiger partial charge in [-0.25, -0.2) is 0 Å². The molecule has 56 valence electrons. The van der Waals surface area contributed by atoms with Crippen molar-refractivity contribution in [2.75, 3.05) is 0 Å². The van der Waals surface area contributed by atoms with Crippen molar-refractivity contribution in [1.29, 1.82) is 0 Å². The molecule has 0 nitrogen and oxygen atoms in total. The average Bonchev–Trinajstić information content (AvgIpc) is 2.19. The van der Waals surface area contributed by atoms with Crippen LogP contribution in [0.5, 0.6) is 0 Å². The maximum absolute atomic E-state index is 4.93. The molecule has 0 unspecified atom stereocenters. The molecule has 0 N–H and O–H groups in total. The fourth-order valence-electron chi connectivity index (χ4n) is 0.734. The van der Waals surface area contributed by atoms with E-state index in [1.54, 1.807) is 0 Å². The van der Waals surface area contributed by atoms with Gasteiger partial charge in [0.1, 0.15) is 0 Å². The van der Waals surface area contributed by atoms with E-state index in [1.807, 2.05) is 0 Å². The first-order chi connectivity index (χ1) is 4.72. The molecule has 0 atom stereocenters. The zero-order valence-electron chi connectivity index (χ0n) is 6.12. The molecule has 0 radical (unpaired) electrons. The molecule has 0 aromatic rings. The van der Waals surface area contributed by atoms with Gasteiger partial charge in [0.25, 0.3) is 0 Å². The Labute approximate surface area is 81.0 Å². The van der Waals surface area contributed by atoms with Crippen molar-refractivity contribution in [1.82, 2.24) is 0 Å². The van der Waals surface area contributed by atoms with E-state index < -0.39 is 20.8 Å². The van der Waals surface area contributed by atoms with E-state index in [2.05, 4.69) is 26.0 Å². The van der Waals surface area contributed by atoms with Gasteiger partial charge in [0, 0.05) is 0 Å². The SMILES string of the molecule is CC1=CCC=C1C.[Cl][Zr][Cl]. The van der Waals surface area contributed by atoms with Crippen LogP contribution in [0, 0.1) is 0 Å². The first kappa shape index (κ1) is 10.9. The third-order valence-corrected chi connectivity index (χ3v) is 1.47. The van der Waals surface area contributed by atoms with Gasteiger partial charge < -0.3 is 0 Å². The molecule has 10 heavy (non-hydrogen) atoms. The molecule has 0 fully saturated rings. The standard InChI is InChI=1S/C7H10.2ClH.Zr/c1-6-4-3-5-7(6)2;;;/h4-5H,3H2,1-2H3;2*1H;/q;;;+2/p-2. The first-order valence-electron chi connectivity index (χ1n) is 3.02. The van der Waals surface area contributed by atoms with Crippen LogP contribution in [0.4, 0.5) is 0 Å². The van der Waals surface area contributed by atoms with Gasteiger partial charge in [-0.05, 0) is 20.3 Å². The number of hydrogen-bond acceptors (Lipinski definition) is 0. The van der Waals surface area contributed by atoms with Crippen molar-refractivity contribution in [3.63, 3.8) is 0 Å². The molecule has 0 spiro atoms. The minimum atomic E-state index is -0.826. The van der Waals surface area contributed by atoms with E-state index in [4.69, 9.17) is 17.0 Å². The Morgan fingerprint density at radius 1 is 1.20 bits per heavy atom. The fraction of sp³-hybridized carbons (Fsp3) is 0.429. The number of hydrogen-bond donors (Lipinski definition) is 0. The van der Waals surface area contributed by atoms with Crippen molar-refractivity contribution in [3.8, 4) is 0 Å². The monoisotopic (exact) mass is 254 g/mol. The summed E-state index contributed by atoms with van der Waals surface area (Å²) in [5.41, 5.74) is 2.89. The van der Waals surface area contributed by atoms with Crippen molar-refractivity contribution in [2.45, 2.75) is 20.3 Å². The second-order valence-electron chi connectivity index (χ2n) is 2.08. The van der Waals surface area contributed by atoms with E-state index >= 15 is 0 Å². The van der Waals surface area contributed by atoms with E-state index in [0.717, 1.165) is 6.42 Å². The molecule has 1 aliphatic carbocycles. The molecule has 0 aromatic heterocycles. The quantitative estimate of drug-likeness (QED) is 0.620. The zero-order chi connectivity index (χ0) is 7.98. The Hall–Kier alpha value is 0.943. The van der Waals surface area contributed by atoms with E-state index in [9.17, 15) is 0 Å². The van der Waals surface area contributed by atoms with Gasteiger partial charge in [-0.1, -0.05) is 23.3 Å². The maximum atomic E-state index is 4.93. The molecule has 3 heteroatoms. The van der Waals surface area contributed by atoms with Crippen LogP contribution in [0.25, 0.3) is 0 Å². The Balaban J connectivity index is 0.000000236. The van der Waals surface area contributed by atoms with Gasteiger partial charge in [-0.3, -0.25) is 0 Å². The summed E-state index contributed by atoms with van der Waals surface area (Å²) in [6.45, 7) is 4.30. The van der Waals surface area contributed by atoms with Crippen molar-refractivity contribution >= 4 is 17.0 Å². The summed E-state index contributed by atoms with van der Waals surface area (Å²) in [4.78, 5) is 0. The summed E-state index contributed by atoms with van der Waals surface area (Å²) in [5.74, 6) is 0. The minimum absolute atomic E-state index is 0.826.